The van der Waals surface area contributed by atoms with Crippen LogP contribution < -0.4 is 4.90 Å². The number of fused-ring (bicyclic) bond motifs is 1. The van der Waals surface area contributed by atoms with Crippen molar-refractivity contribution in [2.45, 2.75) is 32.1 Å². The van der Waals surface area contributed by atoms with Crippen molar-refractivity contribution in [2.75, 3.05) is 11.4 Å². The highest BCUT2D eigenvalue weighted by Gasteiger charge is 2.25. The molecule has 0 spiro atoms. The van der Waals surface area contributed by atoms with E-state index in [9.17, 15) is 14.9 Å². The minimum Gasteiger partial charge on any atom is -0.312 e. The van der Waals surface area contributed by atoms with Crippen molar-refractivity contribution in [3.05, 3.63) is 69.8 Å². The molecule has 1 aliphatic rings. The van der Waals surface area contributed by atoms with E-state index in [1.807, 2.05) is 37.3 Å². The van der Waals surface area contributed by atoms with Crippen molar-refractivity contribution in [2.24, 2.45) is 0 Å². The lowest BCUT2D eigenvalue weighted by molar-refractivity contribution is -0.384. The van der Waals surface area contributed by atoms with Crippen LogP contribution in [0.2, 0.25) is 0 Å². The first-order valence-corrected chi connectivity index (χ1v) is 8.19. The predicted octanol–water partition coefficient (Wildman–Crippen LogP) is 4.07. The molecule has 0 saturated carbocycles. The zero-order chi connectivity index (χ0) is 17.1. The van der Waals surface area contributed by atoms with Gasteiger partial charge in [0, 0.05) is 25.1 Å². The fraction of sp³-hybridized carbons (Fsp3) is 0.316. The molecule has 1 heterocycles. The van der Waals surface area contributed by atoms with Crippen LogP contribution in [-0.2, 0) is 11.2 Å². The number of amides is 1. The van der Waals surface area contributed by atoms with E-state index >= 15 is 0 Å². The second kappa shape index (κ2) is 6.83. The lowest BCUT2D eigenvalue weighted by Crippen LogP contribution is -2.36. The largest absolute Gasteiger partial charge is 0.312 e. The van der Waals surface area contributed by atoms with Gasteiger partial charge in [0.05, 0.1) is 10.6 Å². The second-order valence-corrected chi connectivity index (χ2v) is 6.23. The Morgan fingerprint density at radius 3 is 2.71 bits per heavy atom. The van der Waals surface area contributed by atoms with Gasteiger partial charge in [-0.2, -0.15) is 0 Å². The minimum atomic E-state index is -0.413. The van der Waals surface area contributed by atoms with Crippen LogP contribution in [0.4, 0.5) is 11.4 Å². The normalized spacial score (nSPS) is 14.8. The van der Waals surface area contributed by atoms with Gasteiger partial charge in [0.25, 0.3) is 5.69 Å². The molecule has 0 bridgehead atoms. The Kier molecular flexibility index (Phi) is 4.60. The number of carbonyl (C=O) groups excluding carboxylic acids is 1. The summed E-state index contributed by atoms with van der Waals surface area (Å²) in [6.07, 6.45) is 2.13. The van der Waals surface area contributed by atoms with Gasteiger partial charge < -0.3 is 4.90 Å². The van der Waals surface area contributed by atoms with Gasteiger partial charge in [-0.05, 0) is 29.9 Å². The Bertz CT molecular complexity index is 758. The molecule has 5 nitrogen and oxygen atoms in total. The standard InChI is InChI=1S/C19H20N2O3/c1-14(15-6-3-2-4-7-15)12-19(22)20-11-5-8-16-9-10-17(21(23)24)13-18(16)20/h2-4,6-7,9-10,13-14H,5,8,11-12H2,1H3. The molecule has 5 heteroatoms. The summed E-state index contributed by atoms with van der Waals surface area (Å²) in [6.45, 7) is 2.65. The lowest BCUT2D eigenvalue weighted by Gasteiger charge is -2.30. The van der Waals surface area contributed by atoms with Crippen LogP contribution in [-0.4, -0.2) is 17.4 Å². The first-order valence-electron chi connectivity index (χ1n) is 8.19. The average Bonchev–Trinajstić information content (AvgIpc) is 2.61. The van der Waals surface area contributed by atoms with Crippen molar-refractivity contribution in [3.63, 3.8) is 0 Å². The number of hydrogen-bond acceptors (Lipinski definition) is 3. The maximum Gasteiger partial charge on any atom is 0.271 e. The van der Waals surface area contributed by atoms with Crippen LogP contribution in [0.1, 0.15) is 36.8 Å². The van der Waals surface area contributed by atoms with E-state index in [4.69, 9.17) is 0 Å². The smallest absolute Gasteiger partial charge is 0.271 e. The molecule has 3 rings (SSSR count). The van der Waals surface area contributed by atoms with Crippen LogP contribution in [0.25, 0.3) is 0 Å². The van der Waals surface area contributed by atoms with Crippen molar-refractivity contribution >= 4 is 17.3 Å². The third-order valence-electron chi connectivity index (χ3n) is 4.55. The first-order chi connectivity index (χ1) is 11.6. The van der Waals surface area contributed by atoms with Gasteiger partial charge in [-0.25, -0.2) is 0 Å². The van der Waals surface area contributed by atoms with Crippen molar-refractivity contribution in [1.29, 1.82) is 0 Å². The number of aryl methyl sites for hydroxylation is 1. The summed E-state index contributed by atoms with van der Waals surface area (Å²) in [5, 5.41) is 11.0. The van der Waals surface area contributed by atoms with Gasteiger partial charge in [0.2, 0.25) is 5.91 Å². The number of anilines is 1. The summed E-state index contributed by atoms with van der Waals surface area (Å²) < 4.78 is 0. The number of nitro benzene ring substituents is 1. The zero-order valence-electron chi connectivity index (χ0n) is 13.6. The van der Waals surface area contributed by atoms with E-state index in [1.54, 1.807) is 11.0 Å². The van der Waals surface area contributed by atoms with E-state index in [0.717, 1.165) is 24.0 Å². The van der Waals surface area contributed by atoms with Gasteiger partial charge in [0.1, 0.15) is 0 Å². The molecule has 0 radical (unpaired) electrons. The monoisotopic (exact) mass is 324 g/mol. The summed E-state index contributed by atoms with van der Waals surface area (Å²) >= 11 is 0. The van der Waals surface area contributed by atoms with E-state index in [2.05, 4.69) is 0 Å². The number of benzene rings is 2. The highest BCUT2D eigenvalue weighted by Crippen LogP contribution is 2.32. The van der Waals surface area contributed by atoms with Gasteiger partial charge >= 0.3 is 0 Å². The molecule has 0 N–H and O–H groups in total. The predicted molar refractivity (Wildman–Crippen MR) is 93.2 cm³/mol. The topological polar surface area (TPSA) is 63.5 Å². The third-order valence-corrected chi connectivity index (χ3v) is 4.55. The maximum atomic E-state index is 12.8. The first kappa shape index (κ1) is 16.2. The SMILES string of the molecule is CC(CC(=O)N1CCCc2ccc([N+](=O)[O-])cc21)c1ccccc1. The molecular weight excluding hydrogens is 304 g/mol. The quantitative estimate of drug-likeness (QED) is 0.629. The van der Waals surface area contributed by atoms with Crippen LogP contribution in [0.3, 0.4) is 0 Å². The van der Waals surface area contributed by atoms with Gasteiger partial charge in [-0.3, -0.25) is 14.9 Å². The summed E-state index contributed by atoms with van der Waals surface area (Å²) in [6, 6.07) is 14.7. The molecular formula is C19H20N2O3. The molecule has 0 aromatic heterocycles. The van der Waals surface area contributed by atoms with Crippen LogP contribution in [0.5, 0.6) is 0 Å². The number of nitrogens with zero attached hydrogens (tertiary/aromatic N) is 2. The molecule has 124 valence electrons. The average molecular weight is 324 g/mol. The van der Waals surface area contributed by atoms with Crippen LogP contribution >= 0.6 is 0 Å². The van der Waals surface area contributed by atoms with Gasteiger partial charge in [-0.15, -0.1) is 0 Å². The maximum absolute atomic E-state index is 12.8. The zero-order valence-corrected chi connectivity index (χ0v) is 13.6. The Morgan fingerprint density at radius 1 is 1.25 bits per heavy atom. The molecule has 1 aliphatic heterocycles. The minimum absolute atomic E-state index is 0.0211. The summed E-state index contributed by atoms with van der Waals surface area (Å²) in [7, 11) is 0. The van der Waals surface area contributed by atoms with E-state index in [-0.39, 0.29) is 17.5 Å². The van der Waals surface area contributed by atoms with Gasteiger partial charge in [0.15, 0.2) is 0 Å². The molecule has 24 heavy (non-hydrogen) atoms. The molecule has 1 unspecified atom stereocenters. The second-order valence-electron chi connectivity index (χ2n) is 6.23. The number of carbonyl (C=O) groups is 1. The molecule has 0 fully saturated rings. The molecule has 0 aliphatic carbocycles. The lowest BCUT2D eigenvalue weighted by atomic mass is 9.95. The fourth-order valence-electron chi connectivity index (χ4n) is 3.21. The summed E-state index contributed by atoms with van der Waals surface area (Å²) in [5.74, 6) is 0.135. The fourth-order valence-corrected chi connectivity index (χ4v) is 3.21. The third kappa shape index (κ3) is 3.30. The summed E-state index contributed by atoms with van der Waals surface area (Å²) in [5.41, 5.74) is 2.86. The molecule has 1 amide bonds. The highest BCUT2D eigenvalue weighted by molar-refractivity contribution is 5.95. The Hall–Kier alpha value is -2.69. The van der Waals surface area contributed by atoms with Gasteiger partial charge in [-0.1, -0.05) is 43.3 Å². The molecule has 2 aromatic carbocycles. The highest BCUT2D eigenvalue weighted by atomic mass is 16.6. The number of rotatable bonds is 4. The van der Waals surface area contributed by atoms with Crippen LogP contribution in [0, 0.1) is 10.1 Å². The Labute approximate surface area is 141 Å². The van der Waals surface area contributed by atoms with Crippen molar-refractivity contribution < 1.29 is 9.72 Å². The molecule has 2 aromatic rings. The number of hydrogen-bond donors (Lipinski definition) is 0. The van der Waals surface area contributed by atoms with Crippen LogP contribution in [0.15, 0.2) is 48.5 Å². The van der Waals surface area contributed by atoms with E-state index < -0.39 is 4.92 Å². The molecule has 0 saturated heterocycles. The van der Waals surface area contributed by atoms with E-state index in [0.29, 0.717) is 18.7 Å². The summed E-state index contributed by atoms with van der Waals surface area (Å²) in [4.78, 5) is 25.1. The van der Waals surface area contributed by atoms with Crippen molar-refractivity contribution in [1.82, 2.24) is 0 Å². The van der Waals surface area contributed by atoms with E-state index in [1.165, 1.54) is 12.1 Å². The number of nitro groups is 1. The number of non-ortho nitro benzene ring substituents is 1. The Morgan fingerprint density at radius 2 is 2.00 bits per heavy atom. The Balaban J connectivity index is 1.82. The van der Waals surface area contributed by atoms with Crippen molar-refractivity contribution in [3.8, 4) is 0 Å². The molecule has 1 atom stereocenters.